The first kappa shape index (κ1) is 13.5. The molecule has 1 saturated carbocycles. The monoisotopic (exact) mass is 276 g/mol. The SMILES string of the molecule is CC(C)C[C@H](Br)C(O)C1CCCCCC1. The molecule has 0 spiro atoms. The summed E-state index contributed by atoms with van der Waals surface area (Å²) in [6, 6.07) is 0. The lowest BCUT2D eigenvalue weighted by Crippen LogP contribution is -2.30. The van der Waals surface area contributed by atoms with Crippen molar-refractivity contribution in [2.45, 2.75) is 69.7 Å². The average molecular weight is 277 g/mol. The lowest BCUT2D eigenvalue weighted by Gasteiger charge is -2.26. The van der Waals surface area contributed by atoms with Gasteiger partial charge in [-0.3, -0.25) is 0 Å². The molecule has 1 nitrogen and oxygen atoms in total. The van der Waals surface area contributed by atoms with Crippen molar-refractivity contribution in [2.75, 3.05) is 0 Å². The predicted octanol–water partition coefficient (Wildman–Crippen LogP) is 4.13. The van der Waals surface area contributed by atoms with Crippen molar-refractivity contribution in [1.29, 1.82) is 0 Å². The molecule has 1 aliphatic carbocycles. The molecule has 1 N–H and O–H groups in total. The van der Waals surface area contributed by atoms with Gasteiger partial charge in [-0.25, -0.2) is 0 Å². The quantitative estimate of drug-likeness (QED) is 0.605. The summed E-state index contributed by atoms with van der Waals surface area (Å²) in [5, 5.41) is 10.3. The van der Waals surface area contributed by atoms with E-state index in [0.717, 1.165) is 6.42 Å². The van der Waals surface area contributed by atoms with E-state index in [-0.39, 0.29) is 6.10 Å². The van der Waals surface area contributed by atoms with Crippen LogP contribution in [-0.2, 0) is 0 Å². The molecule has 0 aliphatic heterocycles. The largest absolute Gasteiger partial charge is 0.392 e. The van der Waals surface area contributed by atoms with Crippen molar-refractivity contribution in [3.05, 3.63) is 0 Å². The zero-order chi connectivity index (χ0) is 11.3. The van der Waals surface area contributed by atoms with Gasteiger partial charge in [-0.15, -0.1) is 0 Å². The maximum absolute atomic E-state index is 10.3. The van der Waals surface area contributed by atoms with Crippen LogP contribution in [0.25, 0.3) is 0 Å². The first-order valence-corrected chi connectivity index (χ1v) is 7.35. The fourth-order valence-electron chi connectivity index (χ4n) is 2.54. The summed E-state index contributed by atoms with van der Waals surface area (Å²) in [6.07, 6.45) is 8.73. The van der Waals surface area contributed by atoms with E-state index in [1.54, 1.807) is 0 Å². The van der Waals surface area contributed by atoms with E-state index >= 15 is 0 Å². The van der Waals surface area contributed by atoms with Crippen LogP contribution in [0.5, 0.6) is 0 Å². The van der Waals surface area contributed by atoms with Crippen LogP contribution in [0.3, 0.4) is 0 Å². The Morgan fingerprint density at radius 2 is 1.67 bits per heavy atom. The van der Waals surface area contributed by atoms with Gasteiger partial charge in [-0.05, 0) is 31.1 Å². The fourth-order valence-corrected chi connectivity index (χ4v) is 3.72. The first-order valence-electron chi connectivity index (χ1n) is 6.43. The first-order chi connectivity index (χ1) is 7.11. The molecule has 0 heterocycles. The molecule has 1 rings (SSSR count). The number of aliphatic hydroxyl groups excluding tert-OH is 1. The van der Waals surface area contributed by atoms with Gasteiger partial charge in [0.25, 0.3) is 0 Å². The van der Waals surface area contributed by atoms with Crippen LogP contribution in [0.1, 0.15) is 58.8 Å². The van der Waals surface area contributed by atoms with E-state index in [1.807, 2.05) is 0 Å². The van der Waals surface area contributed by atoms with Crippen LogP contribution in [0, 0.1) is 11.8 Å². The normalized spacial score (nSPS) is 23.8. The van der Waals surface area contributed by atoms with Gasteiger partial charge in [-0.1, -0.05) is 55.5 Å². The van der Waals surface area contributed by atoms with E-state index < -0.39 is 0 Å². The Balaban J connectivity index is 2.38. The Morgan fingerprint density at radius 3 is 2.13 bits per heavy atom. The number of hydrogen-bond acceptors (Lipinski definition) is 1. The Labute approximate surface area is 103 Å². The molecule has 0 aromatic rings. The summed E-state index contributed by atoms with van der Waals surface area (Å²) in [4.78, 5) is 0.292. The second-order valence-corrected chi connectivity index (χ2v) is 6.56. The maximum atomic E-state index is 10.3. The maximum Gasteiger partial charge on any atom is 0.0693 e. The van der Waals surface area contributed by atoms with Gasteiger partial charge >= 0.3 is 0 Å². The summed E-state index contributed by atoms with van der Waals surface area (Å²) in [5.41, 5.74) is 0. The summed E-state index contributed by atoms with van der Waals surface area (Å²) in [5.74, 6) is 1.20. The summed E-state index contributed by atoms with van der Waals surface area (Å²) >= 11 is 3.65. The van der Waals surface area contributed by atoms with E-state index in [9.17, 15) is 5.11 Å². The number of rotatable bonds is 4. The Morgan fingerprint density at radius 1 is 1.13 bits per heavy atom. The minimum Gasteiger partial charge on any atom is -0.392 e. The minimum atomic E-state index is -0.134. The van der Waals surface area contributed by atoms with Crippen LogP contribution in [0.4, 0.5) is 0 Å². The zero-order valence-electron chi connectivity index (χ0n) is 10.1. The van der Waals surface area contributed by atoms with Gasteiger partial charge < -0.3 is 5.11 Å². The molecular formula is C13H25BrO. The standard InChI is InChI=1S/C13H25BrO/c1-10(2)9-12(14)13(15)11-7-5-3-4-6-8-11/h10-13,15H,3-9H2,1-2H3/t12-,13?/m0/s1. The van der Waals surface area contributed by atoms with Gasteiger partial charge in [0.15, 0.2) is 0 Å². The number of aliphatic hydroxyl groups is 1. The Bertz CT molecular complexity index is 162. The highest BCUT2D eigenvalue weighted by molar-refractivity contribution is 9.09. The number of halogens is 1. The van der Waals surface area contributed by atoms with E-state index in [2.05, 4.69) is 29.8 Å². The molecule has 0 bridgehead atoms. The molecule has 0 saturated heterocycles. The summed E-state index contributed by atoms with van der Waals surface area (Å²) < 4.78 is 0. The molecule has 2 atom stereocenters. The van der Waals surface area contributed by atoms with Gasteiger partial charge in [0, 0.05) is 4.83 Å². The van der Waals surface area contributed by atoms with Crippen LogP contribution in [0.15, 0.2) is 0 Å². The lowest BCUT2D eigenvalue weighted by atomic mass is 9.89. The third-order valence-electron chi connectivity index (χ3n) is 3.45. The fraction of sp³-hybridized carbons (Fsp3) is 1.00. The van der Waals surface area contributed by atoms with E-state index in [1.165, 1.54) is 38.5 Å². The zero-order valence-corrected chi connectivity index (χ0v) is 11.7. The molecule has 2 heteroatoms. The molecule has 0 aromatic heterocycles. The molecule has 1 aliphatic rings. The molecule has 90 valence electrons. The van der Waals surface area contributed by atoms with Gasteiger partial charge in [-0.2, -0.15) is 0 Å². The van der Waals surface area contributed by atoms with E-state index in [0.29, 0.717) is 16.7 Å². The van der Waals surface area contributed by atoms with Crippen LogP contribution in [0.2, 0.25) is 0 Å². The van der Waals surface area contributed by atoms with Crippen molar-refractivity contribution in [1.82, 2.24) is 0 Å². The van der Waals surface area contributed by atoms with Crippen LogP contribution < -0.4 is 0 Å². The molecule has 1 fully saturated rings. The molecule has 0 amide bonds. The Kier molecular flexibility index (Phi) is 6.21. The average Bonchev–Trinajstić information content (AvgIpc) is 2.43. The van der Waals surface area contributed by atoms with Crippen molar-refractivity contribution < 1.29 is 5.11 Å². The third-order valence-corrected chi connectivity index (χ3v) is 4.37. The van der Waals surface area contributed by atoms with Crippen molar-refractivity contribution in [3.8, 4) is 0 Å². The summed E-state index contributed by atoms with van der Waals surface area (Å²) in [7, 11) is 0. The van der Waals surface area contributed by atoms with Crippen molar-refractivity contribution >= 4 is 15.9 Å². The number of alkyl halides is 1. The van der Waals surface area contributed by atoms with Crippen LogP contribution >= 0.6 is 15.9 Å². The number of hydrogen-bond donors (Lipinski definition) is 1. The minimum absolute atomic E-state index is 0.134. The summed E-state index contributed by atoms with van der Waals surface area (Å²) in [6.45, 7) is 4.43. The van der Waals surface area contributed by atoms with E-state index in [4.69, 9.17) is 0 Å². The highest BCUT2D eigenvalue weighted by Crippen LogP contribution is 2.30. The Hall–Kier alpha value is 0.440. The smallest absolute Gasteiger partial charge is 0.0693 e. The molecule has 0 aromatic carbocycles. The second kappa shape index (κ2) is 6.90. The van der Waals surface area contributed by atoms with Gasteiger partial charge in [0.2, 0.25) is 0 Å². The third kappa shape index (κ3) is 4.86. The predicted molar refractivity (Wildman–Crippen MR) is 69.4 cm³/mol. The lowest BCUT2D eigenvalue weighted by molar-refractivity contribution is 0.0922. The molecule has 15 heavy (non-hydrogen) atoms. The molecule has 0 radical (unpaired) electrons. The molecular weight excluding hydrogens is 252 g/mol. The highest BCUT2D eigenvalue weighted by Gasteiger charge is 2.26. The highest BCUT2D eigenvalue weighted by atomic mass is 79.9. The van der Waals surface area contributed by atoms with Crippen molar-refractivity contribution in [3.63, 3.8) is 0 Å². The van der Waals surface area contributed by atoms with Crippen molar-refractivity contribution in [2.24, 2.45) is 11.8 Å². The van der Waals surface area contributed by atoms with Gasteiger partial charge in [0.05, 0.1) is 6.10 Å². The molecule has 1 unspecified atom stereocenters. The van der Waals surface area contributed by atoms with Gasteiger partial charge in [0.1, 0.15) is 0 Å². The second-order valence-electron chi connectivity index (χ2n) is 5.39. The van der Waals surface area contributed by atoms with Crippen LogP contribution in [-0.4, -0.2) is 16.0 Å². The topological polar surface area (TPSA) is 20.2 Å².